The Morgan fingerprint density at radius 2 is 2.00 bits per heavy atom. The molecule has 16 heavy (non-hydrogen) atoms. The lowest BCUT2D eigenvalue weighted by molar-refractivity contribution is -0.144. The maximum absolute atomic E-state index is 11.2. The molecule has 0 aromatic rings. The smallest absolute Gasteiger partial charge is 0.306 e. The molecule has 1 aliphatic rings. The molecular weight excluding hydrogens is 208 g/mol. The normalized spacial score (nSPS) is 38.3. The summed E-state index contributed by atoms with van der Waals surface area (Å²) in [5.74, 6) is -1.21. The molecule has 0 radical (unpaired) electrons. The molecule has 0 bridgehead atoms. The van der Waals surface area contributed by atoms with Crippen molar-refractivity contribution in [2.75, 3.05) is 7.11 Å². The van der Waals surface area contributed by atoms with Crippen molar-refractivity contribution in [2.45, 2.75) is 45.3 Å². The number of methoxy groups -OCH3 is 1. The van der Waals surface area contributed by atoms with Gasteiger partial charge in [0.2, 0.25) is 0 Å². The number of hydrogen-bond donors (Lipinski definition) is 2. The van der Waals surface area contributed by atoms with Crippen molar-refractivity contribution in [3.63, 3.8) is 0 Å². The van der Waals surface area contributed by atoms with Crippen LogP contribution in [0.4, 0.5) is 0 Å². The average molecular weight is 230 g/mol. The number of aliphatic hydroxyl groups is 1. The number of aliphatic hydroxyl groups excluding tert-OH is 1. The number of ether oxygens (including phenoxy) is 1. The first-order chi connectivity index (χ1) is 7.30. The van der Waals surface area contributed by atoms with Crippen molar-refractivity contribution in [1.82, 2.24) is 0 Å². The van der Waals surface area contributed by atoms with Crippen LogP contribution in [-0.2, 0) is 9.53 Å². The molecule has 94 valence electrons. The van der Waals surface area contributed by atoms with Crippen molar-refractivity contribution >= 4 is 5.97 Å². The Labute approximate surface area is 96.6 Å². The first-order valence-electron chi connectivity index (χ1n) is 5.77. The molecule has 4 nitrogen and oxygen atoms in total. The minimum atomic E-state index is -0.779. The third-order valence-corrected chi connectivity index (χ3v) is 4.08. The zero-order valence-electron chi connectivity index (χ0n) is 10.4. The lowest BCUT2D eigenvalue weighted by Crippen LogP contribution is -2.29. The minimum Gasteiger partial charge on any atom is -0.481 e. The van der Waals surface area contributed by atoms with E-state index in [4.69, 9.17) is 4.74 Å². The second kappa shape index (κ2) is 4.72. The largest absolute Gasteiger partial charge is 0.481 e. The van der Waals surface area contributed by atoms with Crippen LogP contribution >= 0.6 is 0 Å². The van der Waals surface area contributed by atoms with Gasteiger partial charge >= 0.3 is 5.97 Å². The molecular formula is C12H22O4. The van der Waals surface area contributed by atoms with Crippen LogP contribution in [0.3, 0.4) is 0 Å². The highest BCUT2D eigenvalue weighted by Gasteiger charge is 2.48. The summed E-state index contributed by atoms with van der Waals surface area (Å²) in [6.07, 6.45) is 0.749. The van der Waals surface area contributed by atoms with E-state index in [0.717, 1.165) is 0 Å². The molecule has 5 atom stereocenters. The van der Waals surface area contributed by atoms with Crippen LogP contribution in [-0.4, -0.2) is 35.0 Å². The van der Waals surface area contributed by atoms with Crippen LogP contribution in [0.25, 0.3) is 0 Å². The highest BCUT2D eigenvalue weighted by atomic mass is 16.5. The SMILES string of the molecule is COC1(C)C[C@H]([C@@H](C)[C@H](C)O)[C@H](C(=O)O)C1. The van der Waals surface area contributed by atoms with Gasteiger partial charge in [-0.05, 0) is 38.5 Å². The van der Waals surface area contributed by atoms with Crippen molar-refractivity contribution < 1.29 is 19.7 Å². The van der Waals surface area contributed by atoms with E-state index in [1.807, 2.05) is 13.8 Å². The fraction of sp³-hybridized carbons (Fsp3) is 0.917. The van der Waals surface area contributed by atoms with E-state index in [0.29, 0.717) is 12.8 Å². The predicted octanol–water partition coefficient (Wildman–Crippen LogP) is 1.52. The maximum Gasteiger partial charge on any atom is 0.306 e. The molecule has 1 unspecified atom stereocenters. The summed E-state index contributed by atoms with van der Waals surface area (Å²) in [4.78, 5) is 11.2. The van der Waals surface area contributed by atoms with Gasteiger partial charge in [0.05, 0.1) is 17.6 Å². The molecule has 1 saturated carbocycles. The van der Waals surface area contributed by atoms with Crippen LogP contribution in [0.2, 0.25) is 0 Å². The minimum absolute atomic E-state index is 0.0116. The van der Waals surface area contributed by atoms with Gasteiger partial charge in [0.15, 0.2) is 0 Å². The summed E-state index contributed by atoms with van der Waals surface area (Å²) in [6, 6.07) is 0. The zero-order chi connectivity index (χ0) is 12.5. The Balaban J connectivity index is 2.85. The third kappa shape index (κ3) is 2.55. The van der Waals surface area contributed by atoms with Gasteiger partial charge in [-0.1, -0.05) is 6.92 Å². The summed E-state index contributed by atoms with van der Waals surface area (Å²) < 4.78 is 5.39. The number of aliphatic carboxylic acids is 1. The quantitative estimate of drug-likeness (QED) is 0.768. The molecule has 0 spiro atoms. The number of rotatable bonds is 4. The van der Waals surface area contributed by atoms with E-state index in [9.17, 15) is 15.0 Å². The monoisotopic (exact) mass is 230 g/mol. The van der Waals surface area contributed by atoms with Crippen LogP contribution in [0.1, 0.15) is 33.6 Å². The number of hydrogen-bond acceptors (Lipinski definition) is 3. The van der Waals surface area contributed by atoms with Crippen LogP contribution in [0.5, 0.6) is 0 Å². The average Bonchev–Trinajstić information content (AvgIpc) is 2.56. The number of carbonyl (C=O) groups is 1. The number of carboxylic acids is 1. The fourth-order valence-corrected chi connectivity index (χ4v) is 2.69. The summed E-state index contributed by atoms with van der Waals surface area (Å²) in [6.45, 7) is 5.57. The molecule has 0 heterocycles. The summed E-state index contributed by atoms with van der Waals surface area (Å²) in [5.41, 5.74) is -0.364. The van der Waals surface area contributed by atoms with E-state index in [-0.39, 0.29) is 17.4 Å². The molecule has 0 amide bonds. The van der Waals surface area contributed by atoms with Gasteiger partial charge in [-0.25, -0.2) is 0 Å². The molecule has 0 saturated heterocycles. The first kappa shape index (κ1) is 13.5. The molecule has 0 aromatic carbocycles. The molecule has 4 heteroatoms. The lowest BCUT2D eigenvalue weighted by Gasteiger charge is -2.26. The molecule has 1 fully saturated rings. The Morgan fingerprint density at radius 3 is 2.38 bits per heavy atom. The first-order valence-corrected chi connectivity index (χ1v) is 5.77. The Kier molecular flexibility index (Phi) is 3.97. The van der Waals surface area contributed by atoms with E-state index < -0.39 is 18.0 Å². The summed E-state index contributed by atoms with van der Waals surface area (Å²) in [7, 11) is 1.62. The van der Waals surface area contributed by atoms with Gasteiger partial charge < -0.3 is 14.9 Å². The van der Waals surface area contributed by atoms with Crippen molar-refractivity contribution in [1.29, 1.82) is 0 Å². The second-order valence-corrected chi connectivity index (χ2v) is 5.27. The topological polar surface area (TPSA) is 66.8 Å². The molecule has 1 aliphatic carbocycles. The van der Waals surface area contributed by atoms with E-state index >= 15 is 0 Å². The molecule has 2 N–H and O–H groups in total. The number of carboxylic acid groups (broad SMARTS) is 1. The summed E-state index contributed by atoms with van der Waals surface area (Å²) in [5, 5.41) is 18.8. The van der Waals surface area contributed by atoms with Gasteiger partial charge in [-0.2, -0.15) is 0 Å². The fourth-order valence-electron chi connectivity index (χ4n) is 2.69. The Hall–Kier alpha value is -0.610. The predicted molar refractivity (Wildman–Crippen MR) is 60.1 cm³/mol. The summed E-state index contributed by atoms with van der Waals surface area (Å²) >= 11 is 0. The van der Waals surface area contributed by atoms with Gasteiger partial charge in [0, 0.05) is 7.11 Å². The second-order valence-electron chi connectivity index (χ2n) is 5.27. The van der Waals surface area contributed by atoms with E-state index in [1.165, 1.54) is 0 Å². The third-order valence-electron chi connectivity index (χ3n) is 4.08. The molecule has 1 rings (SSSR count). The standard InChI is InChI=1S/C12H22O4/c1-7(8(2)13)9-5-12(3,16-4)6-10(9)11(14)15/h7-10,13H,5-6H2,1-4H3,(H,14,15)/t7-,8-,9+,10+,12?/m0/s1. The van der Waals surface area contributed by atoms with Gasteiger partial charge in [-0.15, -0.1) is 0 Å². The Morgan fingerprint density at radius 1 is 1.44 bits per heavy atom. The van der Waals surface area contributed by atoms with Crippen molar-refractivity contribution in [3.05, 3.63) is 0 Å². The molecule has 0 aliphatic heterocycles. The Bertz CT molecular complexity index is 264. The van der Waals surface area contributed by atoms with Gasteiger partial charge in [-0.3, -0.25) is 4.79 Å². The highest BCUT2D eigenvalue weighted by molar-refractivity contribution is 5.71. The van der Waals surface area contributed by atoms with E-state index in [2.05, 4.69) is 0 Å². The van der Waals surface area contributed by atoms with Gasteiger partial charge in [0.1, 0.15) is 0 Å². The van der Waals surface area contributed by atoms with Crippen molar-refractivity contribution in [2.24, 2.45) is 17.8 Å². The lowest BCUT2D eigenvalue weighted by atomic mass is 9.82. The zero-order valence-corrected chi connectivity index (χ0v) is 10.4. The van der Waals surface area contributed by atoms with Crippen LogP contribution < -0.4 is 0 Å². The van der Waals surface area contributed by atoms with Crippen LogP contribution in [0.15, 0.2) is 0 Å². The van der Waals surface area contributed by atoms with Gasteiger partial charge in [0.25, 0.3) is 0 Å². The van der Waals surface area contributed by atoms with Crippen molar-refractivity contribution in [3.8, 4) is 0 Å². The highest BCUT2D eigenvalue weighted by Crippen LogP contribution is 2.45. The van der Waals surface area contributed by atoms with Crippen LogP contribution in [0, 0.1) is 17.8 Å². The van der Waals surface area contributed by atoms with E-state index in [1.54, 1.807) is 14.0 Å². The maximum atomic E-state index is 11.2. The molecule has 0 aromatic heterocycles.